The predicted molar refractivity (Wildman–Crippen MR) is 142 cm³/mol. The number of halogens is 3. The topological polar surface area (TPSA) is 18.5 Å². The van der Waals surface area contributed by atoms with Gasteiger partial charge in [-0.2, -0.15) is 4.39 Å². The zero-order chi connectivity index (χ0) is 27.1. The standard InChI is InChI=1S/C30H37F3O2/c1-11-17-34-24(7)16-15-20(3)23(6)19-28(31)25(8)21(4)13-14-22(5)26(9)29(32)30(33)27(10)35-18-12-2/h12-15,18-19,24H,4-6,8-11,16-17H2,1-3,7H3/b14-13-,18-12-,20-15+,28-19+,30-29-. The highest BCUT2D eigenvalue weighted by atomic mass is 19.2. The van der Waals surface area contributed by atoms with E-state index in [1.54, 1.807) is 6.92 Å². The van der Waals surface area contributed by atoms with Crippen LogP contribution in [0.2, 0.25) is 0 Å². The van der Waals surface area contributed by atoms with E-state index in [1.165, 1.54) is 30.6 Å². The Balaban J connectivity index is 5.22. The zero-order valence-corrected chi connectivity index (χ0v) is 21.4. The van der Waals surface area contributed by atoms with Gasteiger partial charge in [0.2, 0.25) is 5.83 Å². The van der Waals surface area contributed by atoms with Crippen LogP contribution in [0.25, 0.3) is 0 Å². The summed E-state index contributed by atoms with van der Waals surface area (Å²) in [5.41, 5.74) is 1.28. The molecule has 0 aliphatic carbocycles. The van der Waals surface area contributed by atoms with Gasteiger partial charge in [0.25, 0.3) is 0 Å². The lowest BCUT2D eigenvalue weighted by Crippen LogP contribution is -2.07. The largest absolute Gasteiger partial charge is 0.463 e. The summed E-state index contributed by atoms with van der Waals surface area (Å²) in [5.74, 6) is -3.69. The van der Waals surface area contributed by atoms with E-state index in [4.69, 9.17) is 9.47 Å². The van der Waals surface area contributed by atoms with Crippen molar-refractivity contribution in [1.82, 2.24) is 0 Å². The van der Waals surface area contributed by atoms with Crippen LogP contribution in [0.3, 0.4) is 0 Å². The molecule has 0 aromatic carbocycles. The molecule has 0 bridgehead atoms. The highest BCUT2D eigenvalue weighted by Gasteiger charge is 2.15. The summed E-state index contributed by atoms with van der Waals surface area (Å²) in [7, 11) is 0. The second-order valence-corrected chi connectivity index (χ2v) is 7.80. The van der Waals surface area contributed by atoms with Crippen LogP contribution in [0.15, 0.2) is 133 Å². The summed E-state index contributed by atoms with van der Waals surface area (Å²) in [5, 5.41) is 0. The Morgan fingerprint density at radius 2 is 1.46 bits per heavy atom. The summed E-state index contributed by atoms with van der Waals surface area (Å²) >= 11 is 0. The van der Waals surface area contributed by atoms with Crippen LogP contribution in [-0.2, 0) is 9.47 Å². The number of ether oxygens (including phenoxy) is 2. The van der Waals surface area contributed by atoms with Crippen molar-refractivity contribution in [2.24, 2.45) is 0 Å². The highest BCUT2D eigenvalue weighted by molar-refractivity contribution is 5.54. The van der Waals surface area contributed by atoms with Gasteiger partial charge in [-0.15, -0.1) is 0 Å². The molecule has 0 aromatic heterocycles. The van der Waals surface area contributed by atoms with E-state index in [9.17, 15) is 13.2 Å². The van der Waals surface area contributed by atoms with Crippen LogP contribution < -0.4 is 0 Å². The number of rotatable bonds is 16. The molecule has 0 heterocycles. The normalized spacial score (nSPS) is 14.0. The molecule has 0 N–H and O–H groups in total. The second kappa shape index (κ2) is 16.3. The molecule has 0 aliphatic rings. The van der Waals surface area contributed by atoms with Gasteiger partial charge in [0.05, 0.1) is 12.4 Å². The van der Waals surface area contributed by atoms with Gasteiger partial charge in [0.1, 0.15) is 5.83 Å². The van der Waals surface area contributed by atoms with Crippen LogP contribution in [0.5, 0.6) is 0 Å². The fraction of sp³-hybridized carbons (Fsp3) is 0.267. The van der Waals surface area contributed by atoms with E-state index < -0.39 is 23.2 Å². The van der Waals surface area contributed by atoms with Crippen molar-refractivity contribution in [3.63, 3.8) is 0 Å². The molecule has 0 spiro atoms. The van der Waals surface area contributed by atoms with Gasteiger partial charge in [-0.25, -0.2) is 8.78 Å². The fourth-order valence-electron chi connectivity index (χ4n) is 2.37. The monoisotopic (exact) mass is 486 g/mol. The van der Waals surface area contributed by atoms with E-state index in [-0.39, 0.29) is 28.4 Å². The maximum Gasteiger partial charge on any atom is 0.201 e. The summed E-state index contributed by atoms with van der Waals surface area (Å²) in [6, 6.07) is 0. The fourth-order valence-corrected chi connectivity index (χ4v) is 2.37. The Kier molecular flexibility index (Phi) is 14.8. The number of hydrogen-bond donors (Lipinski definition) is 0. The van der Waals surface area contributed by atoms with Crippen molar-refractivity contribution < 1.29 is 22.6 Å². The van der Waals surface area contributed by atoms with Gasteiger partial charge < -0.3 is 9.47 Å². The third-order valence-corrected chi connectivity index (χ3v) is 4.77. The second-order valence-electron chi connectivity index (χ2n) is 7.80. The Labute approximate surface area is 208 Å². The first kappa shape index (κ1) is 31.7. The minimum Gasteiger partial charge on any atom is -0.463 e. The summed E-state index contributed by atoms with van der Waals surface area (Å²) in [6.07, 6.45) is 10.3. The highest BCUT2D eigenvalue weighted by Crippen LogP contribution is 2.28. The SMILES string of the molecule is C=C(/C=C\C(=C)C(=C)/C(F)=C\C(=C)/C(C)=C/CC(C)OCCC)C(=C)/C(F)=C(/F)C(=C)O/C=C\C. The summed E-state index contributed by atoms with van der Waals surface area (Å²) < 4.78 is 53.6. The van der Waals surface area contributed by atoms with Crippen molar-refractivity contribution >= 4 is 0 Å². The average Bonchev–Trinajstić information content (AvgIpc) is 2.84. The van der Waals surface area contributed by atoms with E-state index in [0.717, 1.165) is 12.0 Å². The first-order valence-corrected chi connectivity index (χ1v) is 11.2. The molecule has 0 saturated carbocycles. The number of allylic oxidation sites excluding steroid dienone is 13. The van der Waals surface area contributed by atoms with Gasteiger partial charge in [-0.05, 0) is 62.0 Å². The average molecular weight is 487 g/mol. The van der Waals surface area contributed by atoms with Gasteiger partial charge in [0.15, 0.2) is 11.6 Å². The first-order chi connectivity index (χ1) is 16.4. The van der Waals surface area contributed by atoms with Crippen molar-refractivity contribution in [2.45, 2.75) is 46.6 Å². The maximum absolute atomic E-state index is 14.7. The lowest BCUT2D eigenvalue weighted by Gasteiger charge is -2.11. The molecule has 0 amide bonds. The molecule has 1 atom stereocenters. The Morgan fingerprint density at radius 1 is 0.886 bits per heavy atom. The molecule has 0 rings (SSSR count). The van der Waals surface area contributed by atoms with Crippen LogP contribution in [0.4, 0.5) is 13.2 Å². The third-order valence-electron chi connectivity index (χ3n) is 4.77. The van der Waals surface area contributed by atoms with E-state index >= 15 is 0 Å². The van der Waals surface area contributed by atoms with Crippen molar-refractivity contribution in [1.29, 1.82) is 0 Å². The predicted octanol–water partition coefficient (Wildman–Crippen LogP) is 9.54. The van der Waals surface area contributed by atoms with Crippen LogP contribution in [0.1, 0.15) is 40.5 Å². The Bertz CT molecular complexity index is 1000. The van der Waals surface area contributed by atoms with E-state index in [2.05, 4.69) is 39.5 Å². The molecule has 0 aliphatic heterocycles. The zero-order valence-electron chi connectivity index (χ0n) is 21.4. The van der Waals surface area contributed by atoms with Crippen LogP contribution >= 0.6 is 0 Å². The molecule has 0 aromatic rings. The molecule has 0 fully saturated rings. The Morgan fingerprint density at radius 3 is 2.00 bits per heavy atom. The third kappa shape index (κ3) is 11.6. The molecule has 5 heteroatoms. The van der Waals surface area contributed by atoms with E-state index in [0.29, 0.717) is 18.6 Å². The molecule has 0 saturated heterocycles. The minimum absolute atomic E-state index is 0.0172. The van der Waals surface area contributed by atoms with Crippen LogP contribution in [-0.4, -0.2) is 12.7 Å². The Hall–Kier alpha value is -3.31. The molecule has 2 nitrogen and oxygen atoms in total. The van der Waals surface area contributed by atoms with Crippen molar-refractivity contribution in [3.05, 3.63) is 133 Å². The molecular weight excluding hydrogens is 449 g/mol. The van der Waals surface area contributed by atoms with Gasteiger partial charge >= 0.3 is 0 Å². The van der Waals surface area contributed by atoms with Gasteiger partial charge in [-0.3, -0.25) is 0 Å². The lowest BCUT2D eigenvalue weighted by atomic mass is 10.0. The number of hydrogen-bond acceptors (Lipinski definition) is 2. The van der Waals surface area contributed by atoms with Gasteiger partial charge in [0, 0.05) is 17.8 Å². The van der Waals surface area contributed by atoms with E-state index in [1.807, 2.05) is 26.8 Å². The molecular formula is C30H37F3O2. The summed E-state index contributed by atoms with van der Waals surface area (Å²) in [6.45, 7) is 30.0. The first-order valence-electron chi connectivity index (χ1n) is 11.2. The molecule has 0 radical (unpaired) electrons. The minimum atomic E-state index is -1.30. The summed E-state index contributed by atoms with van der Waals surface area (Å²) in [4.78, 5) is 0. The lowest BCUT2D eigenvalue weighted by molar-refractivity contribution is 0.0686. The van der Waals surface area contributed by atoms with Crippen molar-refractivity contribution in [3.8, 4) is 0 Å². The molecule has 35 heavy (non-hydrogen) atoms. The quantitative estimate of drug-likeness (QED) is 0.160. The molecule has 1 unspecified atom stereocenters. The van der Waals surface area contributed by atoms with Crippen molar-refractivity contribution in [2.75, 3.05) is 6.61 Å². The van der Waals surface area contributed by atoms with Gasteiger partial charge in [-0.1, -0.05) is 70.7 Å². The smallest absolute Gasteiger partial charge is 0.201 e. The maximum atomic E-state index is 14.7. The molecule has 190 valence electrons. The van der Waals surface area contributed by atoms with Crippen LogP contribution in [0, 0.1) is 0 Å².